The molecular weight excluding hydrogens is 580 g/mol. The van der Waals surface area contributed by atoms with Crippen LogP contribution in [-0.2, 0) is 11.2 Å². The molecule has 0 aliphatic rings. The first-order valence-corrected chi connectivity index (χ1v) is 16.6. The zero-order valence-electron chi connectivity index (χ0n) is 26.9. The molecule has 46 heavy (non-hydrogen) atoms. The first-order chi connectivity index (χ1) is 22.3. The molecule has 0 bridgehead atoms. The second kappa shape index (κ2) is 14.7. The van der Waals surface area contributed by atoms with Crippen molar-refractivity contribution in [3.8, 4) is 5.69 Å². The molecule has 0 spiro atoms. The molecule has 4 aromatic carbocycles. The normalized spacial score (nSPS) is 11.7. The van der Waals surface area contributed by atoms with E-state index in [1.807, 2.05) is 12.1 Å². The number of hydrogen-bond acceptors (Lipinski definition) is 8. The number of rotatable bonds is 16. The Morgan fingerprint density at radius 2 is 1.26 bits per heavy atom. The molecule has 0 aliphatic carbocycles. The van der Waals surface area contributed by atoms with E-state index in [9.17, 15) is 19.2 Å². The van der Waals surface area contributed by atoms with Crippen molar-refractivity contribution in [1.29, 1.82) is 0 Å². The van der Waals surface area contributed by atoms with Gasteiger partial charge in [0, 0.05) is 30.8 Å². The Hall–Kier alpha value is -4.50. The fourth-order valence-electron chi connectivity index (χ4n) is 6.32. The minimum Gasteiger partial charge on any atom is -0.397 e. The molecule has 0 saturated carbocycles. The van der Waals surface area contributed by atoms with Crippen LogP contribution in [0.5, 0.6) is 0 Å². The monoisotopic (exact) mass is 624 g/mol. The van der Waals surface area contributed by atoms with Gasteiger partial charge in [0.05, 0.1) is 44.0 Å². The summed E-state index contributed by atoms with van der Waals surface area (Å²) in [5.41, 5.74) is 12.1. The maximum Gasteiger partial charge on any atom is 0.268 e. The molecule has 0 radical (unpaired) electrons. The zero-order chi connectivity index (χ0) is 32.8. The number of benzene rings is 4. The number of aryl methyl sites for hydroxylation is 1. The van der Waals surface area contributed by atoms with Crippen LogP contribution >= 0.6 is 0 Å². The number of hydrogen-bond donors (Lipinski definition) is 3. The van der Waals surface area contributed by atoms with Gasteiger partial charge in [0.25, 0.3) is 11.1 Å². The van der Waals surface area contributed by atoms with Crippen molar-refractivity contribution in [1.82, 2.24) is 4.57 Å². The molecule has 9 heteroatoms. The van der Waals surface area contributed by atoms with Crippen molar-refractivity contribution < 1.29 is 4.74 Å². The highest BCUT2D eigenvalue weighted by Crippen LogP contribution is 2.33. The maximum atomic E-state index is 14.0. The molecule has 0 atom stereocenters. The lowest BCUT2D eigenvalue weighted by atomic mass is 9.96. The smallest absolute Gasteiger partial charge is 0.268 e. The van der Waals surface area contributed by atoms with Gasteiger partial charge in [-0.05, 0) is 49.4 Å². The summed E-state index contributed by atoms with van der Waals surface area (Å²) in [5, 5.41) is 3.06. The van der Waals surface area contributed by atoms with Gasteiger partial charge in [0.15, 0.2) is 10.9 Å². The highest BCUT2D eigenvalue weighted by molar-refractivity contribution is 6.21. The third-order valence-corrected chi connectivity index (χ3v) is 8.84. The summed E-state index contributed by atoms with van der Waals surface area (Å²) >= 11 is 0. The summed E-state index contributed by atoms with van der Waals surface area (Å²) in [5.74, 6) is 0. The second-order valence-electron chi connectivity index (χ2n) is 12.1. The number of unbranched alkanes of at least 4 members (excludes halogenated alkanes) is 6. The minimum atomic E-state index is -0.674. The molecule has 5 aromatic rings. The fourth-order valence-corrected chi connectivity index (χ4v) is 6.32. The van der Waals surface area contributed by atoms with Crippen molar-refractivity contribution in [2.24, 2.45) is 0 Å². The summed E-state index contributed by atoms with van der Waals surface area (Å²) in [7, 11) is 0. The lowest BCUT2D eigenvalue weighted by Crippen LogP contribution is -2.23. The van der Waals surface area contributed by atoms with Gasteiger partial charge in [-0.2, -0.15) is 0 Å². The number of aromatic nitrogens is 1. The topological polar surface area (TPSA) is 147 Å². The Bertz CT molecular complexity index is 2060. The second-order valence-corrected chi connectivity index (χ2v) is 12.1. The molecule has 0 saturated heterocycles. The number of fused-ring (bicyclic) bond motifs is 3. The third-order valence-electron chi connectivity index (χ3n) is 8.84. The average molecular weight is 625 g/mol. The number of anilines is 3. The lowest BCUT2D eigenvalue weighted by Gasteiger charge is -2.12. The van der Waals surface area contributed by atoms with Crippen LogP contribution in [0.25, 0.3) is 38.0 Å². The summed E-state index contributed by atoms with van der Waals surface area (Å²) < 4.78 is 6.78. The molecule has 242 valence electrons. The predicted octanol–water partition coefficient (Wildman–Crippen LogP) is 5.94. The quantitative estimate of drug-likeness (QED) is 0.0529. The van der Waals surface area contributed by atoms with Gasteiger partial charge in [-0.15, -0.1) is 0 Å². The summed E-state index contributed by atoms with van der Waals surface area (Å²) in [6.07, 6.45) is 10.9. The maximum absolute atomic E-state index is 14.0. The third kappa shape index (κ3) is 6.29. The molecule has 0 amide bonds. The Balaban J connectivity index is 1.47. The van der Waals surface area contributed by atoms with Crippen LogP contribution in [0.1, 0.15) is 77.2 Å². The van der Waals surface area contributed by atoms with Gasteiger partial charge in [-0.25, -0.2) is 4.57 Å². The zero-order valence-corrected chi connectivity index (χ0v) is 26.9. The average Bonchev–Trinajstić information content (AvgIpc) is 3.33. The van der Waals surface area contributed by atoms with Crippen LogP contribution in [0.3, 0.4) is 0 Å². The number of nitrogen functional groups attached to an aromatic ring is 2. The Morgan fingerprint density at radius 3 is 1.93 bits per heavy atom. The van der Waals surface area contributed by atoms with Gasteiger partial charge in [0.2, 0.25) is 0 Å². The first-order valence-electron chi connectivity index (χ1n) is 16.6. The number of ether oxygens (including phenoxy) is 1. The van der Waals surface area contributed by atoms with Crippen molar-refractivity contribution in [2.45, 2.75) is 78.1 Å². The lowest BCUT2D eigenvalue weighted by molar-refractivity contribution is 0.129. The molecule has 1 heterocycles. The molecule has 0 unspecified atom stereocenters. The largest absolute Gasteiger partial charge is 0.397 e. The van der Waals surface area contributed by atoms with Crippen molar-refractivity contribution >= 4 is 49.4 Å². The highest BCUT2D eigenvalue weighted by Gasteiger charge is 2.26. The molecular formula is C37H44N4O5. The van der Waals surface area contributed by atoms with E-state index in [2.05, 4.69) is 19.2 Å². The molecule has 0 aliphatic heterocycles. The van der Waals surface area contributed by atoms with Gasteiger partial charge < -0.3 is 21.5 Å². The van der Waals surface area contributed by atoms with Crippen LogP contribution in [0.2, 0.25) is 0 Å². The van der Waals surface area contributed by atoms with Crippen LogP contribution in [0.4, 0.5) is 17.1 Å². The minimum absolute atomic E-state index is 0.132. The van der Waals surface area contributed by atoms with Crippen molar-refractivity contribution in [2.75, 3.05) is 36.5 Å². The Labute approximate surface area is 267 Å². The molecule has 0 fully saturated rings. The van der Waals surface area contributed by atoms with Gasteiger partial charge in [0.1, 0.15) is 0 Å². The van der Waals surface area contributed by atoms with E-state index >= 15 is 0 Å². The Kier molecular flexibility index (Phi) is 10.5. The van der Waals surface area contributed by atoms with E-state index < -0.39 is 22.0 Å². The molecule has 1 aromatic heterocycles. The summed E-state index contributed by atoms with van der Waals surface area (Å²) in [6, 6.07) is 12.2. The van der Waals surface area contributed by atoms with Crippen LogP contribution in [0, 0.1) is 0 Å². The van der Waals surface area contributed by atoms with Gasteiger partial charge in [-0.1, -0.05) is 76.6 Å². The van der Waals surface area contributed by atoms with Crippen LogP contribution in [-0.4, -0.2) is 24.3 Å². The summed E-state index contributed by atoms with van der Waals surface area (Å²) in [6.45, 7) is 6.16. The van der Waals surface area contributed by atoms with Crippen LogP contribution in [0.15, 0.2) is 61.6 Å². The van der Waals surface area contributed by atoms with E-state index in [1.165, 1.54) is 32.1 Å². The van der Waals surface area contributed by atoms with Gasteiger partial charge >= 0.3 is 0 Å². The molecule has 9 nitrogen and oxygen atoms in total. The van der Waals surface area contributed by atoms with E-state index in [0.29, 0.717) is 30.9 Å². The standard InChI is InChI=1S/C37H44N4O5/c1-3-5-7-8-9-10-21-46-22-12-20-40-26-15-11-14-25-27(26)35(43)29-28(34(25)42)32(38)30-31(33(29)39)37(45)41(36(30)44)24-18-16-23(17-19-24)13-6-4-2/h11,14-19,40H,3-10,12-13,20-22,38-39H2,1-2H3. The molecule has 5 N–H and O–H groups in total. The number of nitrogens with zero attached hydrogens (tertiary/aromatic N) is 1. The first kappa shape index (κ1) is 32.9. The van der Waals surface area contributed by atoms with E-state index in [-0.39, 0.29) is 43.7 Å². The van der Waals surface area contributed by atoms with E-state index in [4.69, 9.17) is 16.2 Å². The SMILES string of the molecule is CCCCCCCCOCCCNc1cccc2c(=O)c3c(N)c4c(=O)n(-c5ccc(CCCC)cc5)c(=O)c4c(N)c3c(=O)c12. The number of nitrogens with two attached hydrogens (primary N) is 2. The Morgan fingerprint density at radius 1 is 0.652 bits per heavy atom. The number of nitrogens with one attached hydrogen (secondary N) is 1. The fraction of sp³-hybridized carbons (Fsp3) is 0.405. The summed E-state index contributed by atoms with van der Waals surface area (Å²) in [4.78, 5) is 55.3. The highest BCUT2D eigenvalue weighted by atomic mass is 16.5. The molecule has 5 rings (SSSR count). The van der Waals surface area contributed by atoms with Gasteiger partial charge in [-0.3, -0.25) is 19.2 Å². The van der Waals surface area contributed by atoms with Crippen molar-refractivity contribution in [3.63, 3.8) is 0 Å². The van der Waals surface area contributed by atoms with E-state index in [1.54, 1.807) is 30.3 Å². The van der Waals surface area contributed by atoms with Crippen molar-refractivity contribution in [3.05, 3.63) is 89.2 Å². The van der Waals surface area contributed by atoms with Crippen LogP contribution < -0.4 is 38.8 Å². The van der Waals surface area contributed by atoms with E-state index in [0.717, 1.165) is 42.4 Å². The predicted molar refractivity (Wildman–Crippen MR) is 190 cm³/mol.